The number of aromatic nitrogens is 1. The Kier molecular flexibility index (Phi) is 8.48. The van der Waals surface area contributed by atoms with E-state index in [-0.39, 0.29) is 23.8 Å². The first-order valence-electron chi connectivity index (χ1n) is 16.3. The molecule has 2 saturated heterocycles. The maximum atomic E-state index is 14.0. The van der Waals surface area contributed by atoms with Crippen molar-refractivity contribution in [1.82, 2.24) is 4.98 Å². The number of para-hydroxylation sites is 2. The summed E-state index contributed by atoms with van der Waals surface area (Å²) in [4.78, 5) is 33.8. The fourth-order valence-electron chi connectivity index (χ4n) is 7.51. The number of rotatable bonds is 9. The molecule has 7 nitrogen and oxygen atoms in total. The molecule has 3 aliphatic rings. The number of aryl methyl sites for hydroxylation is 2. The number of allylic oxidation sites excluding steroid dienone is 1. The zero-order valence-electron chi connectivity index (χ0n) is 26.6. The quantitative estimate of drug-likeness (QED) is 0.155. The number of carbonyl (C=O) groups is 2. The van der Waals surface area contributed by atoms with E-state index in [1.807, 2.05) is 105 Å². The number of imide groups is 1. The van der Waals surface area contributed by atoms with E-state index in [9.17, 15) is 14.7 Å². The Labute approximate surface area is 275 Å². The third kappa shape index (κ3) is 5.99. The highest BCUT2D eigenvalue weighted by Crippen LogP contribution is 2.50. The van der Waals surface area contributed by atoms with Gasteiger partial charge in [0.15, 0.2) is 0 Å². The van der Waals surface area contributed by atoms with Crippen molar-refractivity contribution in [2.24, 2.45) is 17.8 Å². The normalized spacial score (nSPS) is 22.4. The monoisotopic (exact) mass is 626 g/mol. The van der Waals surface area contributed by atoms with Crippen molar-refractivity contribution in [2.45, 2.75) is 39.2 Å². The number of anilines is 1. The van der Waals surface area contributed by atoms with Gasteiger partial charge in [0.1, 0.15) is 18.1 Å². The zero-order chi connectivity index (χ0) is 32.5. The average Bonchev–Trinajstić information content (AvgIpc) is 3.63. The van der Waals surface area contributed by atoms with Gasteiger partial charge in [0.2, 0.25) is 11.8 Å². The molecule has 4 atom stereocenters. The summed E-state index contributed by atoms with van der Waals surface area (Å²) in [6, 6.07) is 28.8. The van der Waals surface area contributed by atoms with E-state index in [1.54, 1.807) is 6.20 Å². The number of phenolic OH excluding ortho intramolecular Hbond substituents is 1. The predicted octanol–water partition coefficient (Wildman–Crippen LogP) is 7.32. The average molecular weight is 627 g/mol. The molecule has 0 radical (unpaired) electrons. The smallest absolute Gasteiger partial charge is 0.238 e. The van der Waals surface area contributed by atoms with Crippen molar-refractivity contribution < 1.29 is 24.2 Å². The number of benzene rings is 3. The number of ether oxygens (including phenoxy) is 2. The molecule has 238 valence electrons. The highest BCUT2D eigenvalue weighted by molar-refractivity contribution is 6.22. The molecule has 7 rings (SSSR count). The largest absolute Gasteiger partial charge is 0.507 e. The third-order valence-electron chi connectivity index (χ3n) is 9.70. The van der Waals surface area contributed by atoms with Crippen molar-refractivity contribution in [3.63, 3.8) is 0 Å². The molecular weight excluding hydrogens is 588 g/mol. The molecule has 0 saturated carbocycles. The van der Waals surface area contributed by atoms with Crippen LogP contribution in [0.25, 0.3) is 11.6 Å². The van der Waals surface area contributed by atoms with Gasteiger partial charge < -0.3 is 14.6 Å². The second kappa shape index (κ2) is 13.0. The molecule has 0 bridgehead atoms. The Morgan fingerprint density at radius 2 is 1.64 bits per heavy atom. The molecule has 7 heteroatoms. The molecule has 4 aromatic rings. The highest BCUT2D eigenvalue weighted by Gasteiger charge is 2.57. The second-order valence-electron chi connectivity index (χ2n) is 12.7. The number of phenols is 1. The molecule has 3 aromatic carbocycles. The third-order valence-corrected chi connectivity index (χ3v) is 9.70. The Morgan fingerprint density at radius 1 is 0.936 bits per heavy atom. The second-order valence-corrected chi connectivity index (χ2v) is 12.7. The van der Waals surface area contributed by atoms with E-state index < -0.39 is 11.8 Å². The summed E-state index contributed by atoms with van der Waals surface area (Å²) in [6.45, 7) is 4.53. The van der Waals surface area contributed by atoms with E-state index >= 15 is 0 Å². The number of amides is 2. The highest BCUT2D eigenvalue weighted by atomic mass is 16.5. The Bertz CT molecular complexity index is 1830. The molecule has 2 aliphatic heterocycles. The van der Waals surface area contributed by atoms with Crippen LogP contribution < -0.4 is 9.64 Å². The molecule has 3 heterocycles. The van der Waals surface area contributed by atoms with Gasteiger partial charge in [-0.2, -0.15) is 0 Å². The minimum absolute atomic E-state index is 0.145. The summed E-state index contributed by atoms with van der Waals surface area (Å²) in [5.74, 6) is -0.322. The molecule has 1 aliphatic carbocycles. The van der Waals surface area contributed by atoms with Gasteiger partial charge in [-0.15, -0.1) is 0 Å². The number of hydrogen-bond acceptors (Lipinski definition) is 6. The van der Waals surface area contributed by atoms with Crippen LogP contribution in [0.1, 0.15) is 41.6 Å². The summed E-state index contributed by atoms with van der Waals surface area (Å²) < 4.78 is 12.8. The Morgan fingerprint density at radius 3 is 2.34 bits per heavy atom. The van der Waals surface area contributed by atoms with E-state index in [2.05, 4.69) is 11.1 Å². The first kappa shape index (κ1) is 30.6. The molecule has 1 aromatic heterocycles. The van der Waals surface area contributed by atoms with E-state index in [4.69, 9.17) is 9.47 Å². The fourth-order valence-corrected chi connectivity index (χ4v) is 7.51. The first-order valence-corrected chi connectivity index (χ1v) is 16.3. The number of hydrogen-bond donors (Lipinski definition) is 1. The predicted molar refractivity (Wildman–Crippen MR) is 182 cm³/mol. The summed E-state index contributed by atoms with van der Waals surface area (Å²) in [5, 5.41) is 10.3. The van der Waals surface area contributed by atoms with Crippen molar-refractivity contribution >= 4 is 29.2 Å². The van der Waals surface area contributed by atoms with Crippen LogP contribution in [-0.2, 0) is 14.3 Å². The SMILES string of the molecule is Cc1cc(/C=C(/CC[C@H]2OC[C@H]3C2=C(COc2ccccc2)C[C@H]2C(=O)N(c4ccccc4)C(=O)[C@H]23)c2ccccn2)cc(C)c1O. The van der Waals surface area contributed by atoms with Crippen LogP contribution in [-0.4, -0.2) is 41.2 Å². The lowest BCUT2D eigenvalue weighted by atomic mass is 9.69. The number of fused-ring (bicyclic) bond motifs is 3. The molecule has 2 fully saturated rings. The van der Waals surface area contributed by atoms with Crippen LogP contribution in [0.2, 0.25) is 0 Å². The van der Waals surface area contributed by atoms with Gasteiger partial charge in [-0.05, 0) is 121 Å². The van der Waals surface area contributed by atoms with Crippen LogP contribution in [0.3, 0.4) is 0 Å². The summed E-state index contributed by atoms with van der Waals surface area (Å²) in [5.41, 5.74) is 7.35. The molecule has 0 unspecified atom stereocenters. The van der Waals surface area contributed by atoms with Crippen LogP contribution in [0.4, 0.5) is 5.69 Å². The van der Waals surface area contributed by atoms with Crippen LogP contribution in [0, 0.1) is 31.6 Å². The lowest BCUT2D eigenvalue weighted by molar-refractivity contribution is -0.122. The molecular formula is C40H38N2O5. The number of carbonyl (C=O) groups excluding carboxylic acids is 2. The topological polar surface area (TPSA) is 89.0 Å². The zero-order valence-corrected chi connectivity index (χ0v) is 26.6. The number of nitrogens with zero attached hydrogens (tertiary/aromatic N) is 2. The van der Waals surface area contributed by atoms with Crippen LogP contribution in [0.5, 0.6) is 11.5 Å². The number of aromatic hydroxyl groups is 1. The summed E-state index contributed by atoms with van der Waals surface area (Å²) >= 11 is 0. The van der Waals surface area contributed by atoms with Gasteiger partial charge in [-0.25, -0.2) is 0 Å². The molecule has 2 amide bonds. The van der Waals surface area contributed by atoms with Gasteiger partial charge in [-0.3, -0.25) is 19.5 Å². The maximum absolute atomic E-state index is 14.0. The Hall–Kier alpha value is -5.01. The lowest BCUT2D eigenvalue weighted by Crippen LogP contribution is -2.35. The maximum Gasteiger partial charge on any atom is 0.238 e. The van der Waals surface area contributed by atoms with Crippen LogP contribution in [0.15, 0.2) is 108 Å². The van der Waals surface area contributed by atoms with Gasteiger partial charge in [0.25, 0.3) is 0 Å². The van der Waals surface area contributed by atoms with E-state index in [0.29, 0.717) is 43.9 Å². The van der Waals surface area contributed by atoms with Crippen molar-refractivity contribution in [3.8, 4) is 11.5 Å². The van der Waals surface area contributed by atoms with Gasteiger partial charge in [0, 0.05) is 12.1 Å². The molecule has 0 spiro atoms. The standard InChI is InChI=1S/C40H38N2O5/c1-25-19-27(20-26(2)38(25)43)21-28(34-15-9-10-18-41-34)16-17-35-36-29(23-46-31-13-7-4-8-14-31)22-32-37(33(36)24-47-35)40(45)42(39(32)44)30-11-5-3-6-12-30/h3-15,18-21,32-33,35,37,43H,16-17,22-24H2,1-2H3/b28-21-/t32-,33+,35-,37-/m1/s1. The van der Waals surface area contributed by atoms with Crippen molar-refractivity contribution in [2.75, 3.05) is 18.1 Å². The van der Waals surface area contributed by atoms with Gasteiger partial charge in [-0.1, -0.05) is 42.5 Å². The van der Waals surface area contributed by atoms with E-state index in [1.165, 1.54) is 4.90 Å². The van der Waals surface area contributed by atoms with Gasteiger partial charge >= 0.3 is 0 Å². The molecule has 1 N–H and O–H groups in total. The fraction of sp³-hybridized carbons (Fsp3) is 0.275. The van der Waals surface area contributed by atoms with Crippen molar-refractivity contribution in [1.29, 1.82) is 0 Å². The lowest BCUT2D eigenvalue weighted by Gasteiger charge is -2.31. The van der Waals surface area contributed by atoms with Gasteiger partial charge in [0.05, 0.1) is 35.9 Å². The van der Waals surface area contributed by atoms with E-state index in [0.717, 1.165) is 44.9 Å². The van der Waals surface area contributed by atoms with Crippen molar-refractivity contribution in [3.05, 3.63) is 131 Å². The minimum atomic E-state index is -0.461. The molecule has 47 heavy (non-hydrogen) atoms. The summed E-state index contributed by atoms with van der Waals surface area (Å²) in [6.07, 6.45) is 5.53. The Balaban J connectivity index is 1.21. The minimum Gasteiger partial charge on any atom is -0.507 e. The van der Waals surface area contributed by atoms with Crippen LogP contribution >= 0.6 is 0 Å². The summed E-state index contributed by atoms with van der Waals surface area (Å²) in [7, 11) is 0. The first-order chi connectivity index (χ1) is 22.9. The number of pyridine rings is 1.